The number of nitrogens with one attached hydrogen (secondary N) is 1. The lowest BCUT2D eigenvalue weighted by molar-refractivity contribution is -0.117. The molecule has 5 nitrogen and oxygen atoms in total. The second-order valence-corrected chi connectivity index (χ2v) is 7.63. The van der Waals surface area contributed by atoms with E-state index in [1.54, 1.807) is 24.4 Å². The summed E-state index contributed by atoms with van der Waals surface area (Å²) in [7, 11) is 0. The Kier molecular flexibility index (Phi) is 6.40. The standard InChI is InChI=1S/C26H20F2N2O3/c1-16-10-25-22(14-24(16)30-15-31)26(8-9-29-25)33-21-7-4-18(23(28)13-21)12-20(32)11-17-2-5-19(27)6-3-17/h2-10,13-15H,11-12H2,1H3,(H,30,31). The Hall–Kier alpha value is -4.13. The van der Waals surface area contributed by atoms with Crippen molar-refractivity contribution >= 4 is 28.8 Å². The first-order chi connectivity index (χ1) is 15.9. The number of carbonyl (C=O) groups is 2. The highest BCUT2D eigenvalue weighted by Gasteiger charge is 2.13. The summed E-state index contributed by atoms with van der Waals surface area (Å²) >= 11 is 0. The largest absolute Gasteiger partial charge is 0.456 e. The second-order valence-electron chi connectivity index (χ2n) is 7.63. The lowest BCUT2D eigenvalue weighted by Crippen LogP contribution is -2.08. The molecule has 1 heterocycles. The zero-order valence-electron chi connectivity index (χ0n) is 17.8. The number of nitrogens with zero attached hydrogens (tertiary/aromatic N) is 1. The van der Waals surface area contributed by atoms with Crippen molar-refractivity contribution in [1.82, 2.24) is 4.98 Å². The number of halogens is 2. The summed E-state index contributed by atoms with van der Waals surface area (Å²) in [6.07, 6.45) is 2.19. The molecule has 0 aliphatic heterocycles. The lowest BCUT2D eigenvalue weighted by atomic mass is 10.0. The van der Waals surface area contributed by atoms with E-state index in [0.29, 0.717) is 34.3 Å². The molecule has 1 aromatic heterocycles. The summed E-state index contributed by atoms with van der Waals surface area (Å²) in [5.41, 5.74) is 3.06. The Morgan fingerprint density at radius 2 is 1.82 bits per heavy atom. The number of aryl methyl sites for hydroxylation is 1. The summed E-state index contributed by atoms with van der Waals surface area (Å²) < 4.78 is 33.6. The summed E-state index contributed by atoms with van der Waals surface area (Å²) in [6.45, 7) is 1.85. The molecule has 0 radical (unpaired) electrons. The van der Waals surface area contributed by atoms with Gasteiger partial charge in [-0.3, -0.25) is 14.6 Å². The highest BCUT2D eigenvalue weighted by Crippen LogP contribution is 2.32. The molecule has 7 heteroatoms. The first-order valence-corrected chi connectivity index (χ1v) is 10.2. The van der Waals surface area contributed by atoms with Crippen LogP contribution in [0.25, 0.3) is 10.9 Å². The van der Waals surface area contributed by atoms with Crippen molar-refractivity contribution < 1.29 is 23.1 Å². The van der Waals surface area contributed by atoms with E-state index in [4.69, 9.17) is 4.74 Å². The third kappa shape index (κ3) is 5.20. The Bertz CT molecular complexity index is 1340. The highest BCUT2D eigenvalue weighted by atomic mass is 19.1. The molecule has 0 bridgehead atoms. The minimum atomic E-state index is -0.558. The van der Waals surface area contributed by atoms with Gasteiger partial charge >= 0.3 is 0 Å². The van der Waals surface area contributed by atoms with Crippen LogP contribution >= 0.6 is 0 Å². The number of rotatable bonds is 8. The number of hydrogen-bond acceptors (Lipinski definition) is 4. The maximum Gasteiger partial charge on any atom is 0.211 e. The fourth-order valence-corrected chi connectivity index (χ4v) is 3.55. The molecule has 166 valence electrons. The van der Waals surface area contributed by atoms with Crippen LogP contribution in [0.15, 0.2) is 66.9 Å². The van der Waals surface area contributed by atoms with Crippen LogP contribution in [-0.4, -0.2) is 17.2 Å². The molecule has 3 aromatic carbocycles. The molecule has 0 saturated carbocycles. The molecule has 0 aliphatic rings. The van der Waals surface area contributed by atoms with Gasteiger partial charge in [0.2, 0.25) is 6.41 Å². The number of pyridine rings is 1. The Morgan fingerprint density at radius 1 is 1.03 bits per heavy atom. The van der Waals surface area contributed by atoms with Gasteiger partial charge < -0.3 is 10.1 Å². The van der Waals surface area contributed by atoms with Gasteiger partial charge in [0.25, 0.3) is 0 Å². The fourth-order valence-electron chi connectivity index (χ4n) is 3.55. The second kappa shape index (κ2) is 9.56. The predicted molar refractivity (Wildman–Crippen MR) is 121 cm³/mol. The lowest BCUT2D eigenvalue weighted by Gasteiger charge is -2.12. The molecule has 4 rings (SSSR count). The number of anilines is 1. The average Bonchev–Trinajstić information content (AvgIpc) is 2.78. The van der Waals surface area contributed by atoms with Crippen molar-refractivity contribution in [2.75, 3.05) is 5.32 Å². The molecule has 33 heavy (non-hydrogen) atoms. The first-order valence-electron chi connectivity index (χ1n) is 10.2. The summed E-state index contributed by atoms with van der Waals surface area (Å²) in [5, 5.41) is 3.30. The van der Waals surface area contributed by atoms with Crippen molar-refractivity contribution in [2.24, 2.45) is 0 Å². The minimum Gasteiger partial charge on any atom is -0.456 e. The van der Waals surface area contributed by atoms with E-state index in [1.165, 1.54) is 36.4 Å². The molecule has 0 aliphatic carbocycles. The fraction of sp³-hybridized carbons (Fsp3) is 0.115. The SMILES string of the molecule is Cc1cc2nccc(Oc3ccc(CC(=O)Cc4ccc(F)cc4)c(F)c3)c2cc1NC=O. The van der Waals surface area contributed by atoms with Gasteiger partial charge in [0.15, 0.2) is 0 Å². The third-order valence-electron chi connectivity index (χ3n) is 5.22. The quantitative estimate of drug-likeness (QED) is 0.361. The zero-order chi connectivity index (χ0) is 23.4. The average molecular weight is 446 g/mol. The van der Waals surface area contributed by atoms with Gasteiger partial charge in [-0.05, 0) is 60.0 Å². The topological polar surface area (TPSA) is 68.3 Å². The number of ketones is 1. The van der Waals surface area contributed by atoms with Crippen molar-refractivity contribution in [3.63, 3.8) is 0 Å². The molecule has 0 saturated heterocycles. The van der Waals surface area contributed by atoms with E-state index in [0.717, 1.165) is 5.56 Å². The van der Waals surface area contributed by atoms with E-state index in [2.05, 4.69) is 10.3 Å². The van der Waals surface area contributed by atoms with Gasteiger partial charge in [-0.2, -0.15) is 0 Å². The number of aromatic nitrogens is 1. The number of ether oxygens (including phenoxy) is 1. The maximum absolute atomic E-state index is 14.7. The van der Waals surface area contributed by atoms with Crippen LogP contribution in [0.3, 0.4) is 0 Å². The maximum atomic E-state index is 14.7. The number of fused-ring (bicyclic) bond motifs is 1. The molecule has 1 amide bonds. The number of carbonyl (C=O) groups excluding carboxylic acids is 2. The van der Waals surface area contributed by atoms with Crippen molar-refractivity contribution in [3.05, 3.63) is 95.2 Å². The molecule has 0 unspecified atom stereocenters. The van der Waals surface area contributed by atoms with E-state index in [-0.39, 0.29) is 35.8 Å². The van der Waals surface area contributed by atoms with Gasteiger partial charge in [0, 0.05) is 36.2 Å². The normalized spacial score (nSPS) is 10.8. The van der Waals surface area contributed by atoms with Crippen LogP contribution < -0.4 is 10.1 Å². The van der Waals surface area contributed by atoms with Gasteiger partial charge in [-0.1, -0.05) is 18.2 Å². The summed E-state index contributed by atoms with van der Waals surface area (Å²) in [6, 6.07) is 15.2. The number of Topliss-reactive ketones (excluding diaryl/α,β-unsaturated/α-hetero) is 1. The van der Waals surface area contributed by atoms with E-state index in [9.17, 15) is 18.4 Å². The zero-order valence-corrected chi connectivity index (χ0v) is 17.8. The van der Waals surface area contributed by atoms with E-state index >= 15 is 0 Å². The molecule has 0 fully saturated rings. The number of amides is 1. The summed E-state index contributed by atoms with van der Waals surface area (Å²) in [4.78, 5) is 27.5. The van der Waals surface area contributed by atoms with Crippen LogP contribution in [-0.2, 0) is 22.4 Å². The van der Waals surface area contributed by atoms with Crippen molar-refractivity contribution in [1.29, 1.82) is 0 Å². The molecular weight excluding hydrogens is 426 g/mol. The van der Waals surface area contributed by atoms with E-state index in [1.807, 2.05) is 13.0 Å². The molecular formula is C26H20F2N2O3. The van der Waals surface area contributed by atoms with E-state index < -0.39 is 5.82 Å². The van der Waals surface area contributed by atoms with Gasteiger partial charge in [0.05, 0.1) is 5.52 Å². The van der Waals surface area contributed by atoms with Gasteiger partial charge in [-0.15, -0.1) is 0 Å². The third-order valence-corrected chi connectivity index (χ3v) is 5.22. The Balaban J connectivity index is 1.52. The van der Waals surface area contributed by atoms with Gasteiger partial charge in [-0.25, -0.2) is 8.78 Å². The smallest absolute Gasteiger partial charge is 0.211 e. The van der Waals surface area contributed by atoms with Crippen LogP contribution in [0.5, 0.6) is 11.5 Å². The molecule has 4 aromatic rings. The highest BCUT2D eigenvalue weighted by molar-refractivity contribution is 5.91. The van der Waals surface area contributed by atoms with Crippen LogP contribution in [0, 0.1) is 18.6 Å². The summed E-state index contributed by atoms with van der Waals surface area (Å²) in [5.74, 6) is -0.396. The Labute approximate surface area is 189 Å². The predicted octanol–water partition coefficient (Wildman–Crippen LogP) is 5.54. The monoisotopic (exact) mass is 446 g/mol. The van der Waals surface area contributed by atoms with Crippen molar-refractivity contribution in [3.8, 4) is 11.5 Å². The van der Waals surface area contributed by atoms with Crippen molar-refractivity contribution in [2.45, 2.75) is 19.8 Å². The number of hydrogen-bond donors (Lipinski definition) is 1. The molecule has 1 N–H and O–H groups in total. The van der Waals surface area contributed by atoms with Crippen LogP contribution in [0.1, 0.15) is 16.7 Å². The first kappa shape index (κ1) is 22.1. The van der Waals surface area contributed by atoms with Crippen LogP contribution in [0.4, 0.5) is 14.5 Å². The molecule has 0 spiro atoms. The van der Waals surface area contributed by atoms with Crippen LogP contribution in [0.2, 0.25) is 0 Å². The molecule has 0 atom stereocenters. The number of benzene rings is 3. The Morgan fingerprint density at radius 3 is 2.55 bits per heavy atom. The van der Waals surface area contributed by atoms with Gasteiger partial charge in [0.1, 0.15) is 28.9 Å². The minimum absolute atomic E-state index is 0.0817.